The molecule has 0 bridgehead atoms. The smallest absolute Gasteiger partial charge is 0.357 e. The standard InChI is InChI=1S/C22H26N4O3.ClH/c1-3-29-21(27)20-18(12-24-25-20)19-13-23-15-26(19)14-22(8-10-28-11-9-22)17-6-4-16(2)5-7-17;/h4-7,12-13,15H,3,8-11,14H2,1-2H3,(H,24,25);1H. The number of aryl methyl sites for hydroxylation is 1. The molecule has 8 heteroatoms. The summed E-state index contributed by atoms with van der Waals surface area (Å²) in [5, 5.41) is 6.84. The summed E-state index contributed by atoms with van der Waals surface area (Å²) < 4.78 is 12.9. The highest BCUT2D eigenvalue weighted by Gasteiger charge is 2.35. The van der Waals surface area contributed by atoms with Crippen LogP contribution in [0.4, 0.5) is 0 Å². The molecule has 0 atom stereocenters. The number of ether oxygens (including phenoxy) is 2. The Labute approximate surface area is 182 Å². The summed E-state index contributed by atoms with van der Waals surface area (Å²) in [5.41, 5.74) is 4.41. The number of nitrogens with one attached hydrogen (secondary N) is 1. The molecule has 1 aliphatic heterocycles. The number of halogens is 1. The highest BCUT2D eigenvalue weighted by Crippen LogP contribution is 2.38. The normalized spacial score (nSPS) is 15.4. The van der Waals surface area contributed by atoms with Crippen LogP contribution in [0.1, 0.15) is 41.4 Å². The molecule has 2 aromatic heterocycles. The summed E-state index contributed by atoms with van der Waals surface area (Å²) in [5.74, 6) is -0.410. The predicted octanol–water partition coefficient (Wildman–Crippen LogP) is 3.93. The number of nitrogens with zero attached hydrogens (tertiary/aromatic N) is 3. The fourth-order valence-corrected chi connectivity index (χ4v) is 4.04. The molecule has 3 heterocycles. The van der Waals surface area contributed by atoms with E-state index in [1.807, 2.05) is 6.33 Å². The van der Waals surface area contributed by atoms with Gasteiger partial charge in [-0.2, -0.15) is 5.10 Å². The molecule has 0 unspecified atom stereocenters. The third-order valence-electron chi connectivity index (χ3n) is 5.69. The number of aromatic amines is 1. The van der Waals surface area contributed by atoms with Gasteiger partial charge in [0.25, 0.3) is 0 Å². The van der Waals surface area contributed by atoms with Gasteiger partial charge in [0.2, 0.25) is 0 Å². The number of aromatic nitrogens is 4. The van der Waals surface area contributed by atoms with E-state index in [0.717, 1.165) is 38.3 Å². The molecule has 1 fully saturated rings. The average Bonchev–Trinajstić information content (AvgIpc) is 3.38. The van der Waals surface area contributed by atoms with Gasteiger partial charge >= 0.3 is 5.97 Å². The molecule has 0 amide bonds. The first-order chi connectivity index (χ1) is 14.1. The van der Waals surface area contributed by atoms with Crippen molar-refractivity contribution in [3.05, 3.63) is 59.8 Å². The second-order valence-electron chi connectivity index (χ2n) is 7.54. The van der Waals surface area contributed by atoms with Crippen LogP contribution in [0.5, 0.6) is 0 Å². The summed E-state index contributed by atoms with van der Waals surface area (Å²) in [6, 6.07) is 8.77. The molecule has 0 aliphatic carbocycles. The van der Waals surface area contributed by atoms with Crippen LogP contribution < -0.4 is 0 Å². The average molecular weight is 431 g/mol. The topological polar surface area (TPSA) is 82.0 Å². The van der Waals surface area contributed by atoms with E-state index in [-0.39, 0.29) is 17.8 Å². The van der Waals surface area contributed by atoms with Crippen LogP contribution in [-0.4, -0.2) is 45.5 Å². The van der Waals surface area contributed by atoms with E-state index in [4.69, 9.17) is 9.47 Å². The summed E-state index contributed by atoms with van der Waals surface area (Å²) in [4.78, 5) is 16.7. The van der Waals surface area contributed by atoms with E-state index in [0.29, 0.717) is 17.9 Å². The lowest BCUT2D eigenvalue weighted by atomic mass is 9.74. The van der Waals surface area contributed by atoms with Crippen molar-refractivity contribution < 1.29 is 14.3 Å². The van der Waals surface area contributed by atoms with E-state index in [1.165, 1.54) is 11.1 Å². The molecule has 0 saturated carbocycles. The van der Waals surface area contributed by atoms with Gasteiger partial charge in [-0.25, -0.2) is 9.78 Å². The molecular formula is C22H27ClN4O3. The molecule has 1 saturated heterocycles. The van der Waals surface area contributed by atoms with E-state index < -0.39 is 5.97 Å². The fraction of sp³-hybridized carbons (Fsp3) is 0.409. The number of rotatable bonds is 6. The molecule has 0 spiro atoms. The largest absolute Gasteiger partial charge is 0.461 e. The molecule has 1 N–H and O–H groups in total. The lowest BCUT2D eigenvalue weighted by Crippen LogP contribution is -2.38. The maximum absolute atomic E-state index is 12.3. The monoisotopic (exact) mass is 430 g/mol. The van der Waals surface area contributed by atoms with Crippen LogP contribution in [0.2, 0.25) is 0 Å². The molecular weight excluding hydrogens is 404 g/mol. The van der Waals surface area contributed by atoms with Crippen molar-refractivity contribution in [2.45, 2.75) is 38.6 Å². The van der Waals surface area contributed by atoms with Crippen molar-refractivity contribution in [2.24, 2.45) is 0 Å². The second kappa shape index (κ2) is 9.45. The highest BCUT2D eigenvalue weighted by atomic mass is 35.5. The van der Waals surface area contributed by atoms with Crippen molar-refractivity contribution in [3.63, 3.8) is 0 Å². The van der Waals surface area contributed by atoms with E-state index in [2.05, 4.69) is 50.9 Å². The van der Waals surface area contributed by atoms with Gasteiger partial charge in [-0.15, -0.1) is 12.4 Å². The molecule has 1 aromatic carbocycles. The van der Waals surface area contributed by atoms with E-state index in [9.17, 15) is 4.79 Å². The zero-order chi connectivity index (χ0) is 20.3. The Morgan fingerprint density at radius 3 is 2.67 bits per heavy atom. The SMILES string of the molecule is CCOC(=O)c1[nH]ncc1-c1cncn1CC1(c2ccc(C)cc2)CCOCC1.Cl. The molecule has 3 aromatic rings. The number of esters is 1. The second-order valence-corrected chi connectivity index (χ2v) is 7.54. The number of hydrogen-bond acceptors (Lipinski definition) is 5. The van der Waals surface area contributed by atoms with Crippen molar-refractivity contribution in [1.82, 2.24) is 19.7 Å². The van der Waals surface area contributed by atoms with Crippen LogP contribution in [0.15, 0.2) is 43.0 Å². The Morgan fingerprint density at radius 1 is 1.23 bits per heavy atom. The maximum Gasteiger partial charge on any atom is 0.357 e. The minimum atomic E-state index is -0.410. The van der Waals surface area contributed by atoms with Crippen molar-refractivity contribution in [2.75, 3.05) is 19.8 Å². The van der Waals surface area contributed by atoms with Crippen molar-refractivity contribution in [3.8, 4) is 11.3 Å². The van der Waals surface area contributed by atoms with Gasteiger partial charge in [0.1, 0.15) is 0 Å². The van der Waals surface area contributed by atoms with Crippen LogP contribution in [0.25, 0.3) is 11.3 Å². The third-order valence-corrected chi connectivity index (χ3v) is 5.69. The summed E-state index contributed by atoms with van der Waals surface area (Å²) in [7, 11) is 0. The predicted molar refractivity (Wildman–Crippen MR) is 116 cm³/mol. The Kier molecular flexibility index (Phi) is 6.95. The molecule has 4 rings (SSSR count). The number of H-pyrrole nitrogens is 1. The zero-order valence-corrected chi connectivity index (χ0v) is 18.1. The fourth-order valence-electron chi connectivity index (χ4n) is 4.04. The van der Waals surface area contributed by atoms with Gasteiger partial charge < -0.3 is 14.0 Å². The van der Waals surface area contributed by atoms with Gasteiger partial charge in [-0.1, -0.05) is 29.8 Å². The minimum absolute atomic E-state index is 0. The molecule has 30 heavy (non-hydrogen) atoms. The van der Waals surface area contributed by atoms with E-state index in [1.54, 1.807) is 19.3 Å². The number of benzene rings is 1. The maximum atomic E-state index is 12.3. The Morgan fingerprint density at radius 2 is 1.97 bits per heavy atom. The van der Waals surface area contributed by atoms with Crippen LogP contribution in [-0.2, 0) is 21.4 Å². The Hall–Kier alpha value is -2.64. The third kappa shape index (κ3) is 4.27. The lowest BCUT2D eigenvalue weighted by Gasteiger charge is -2.38. The zero-order valence-electron chi connectivity index (χ0n) is 17.3. The quantitative estimate of drug-likeness (QED) is 0.599. The Balaban J connectivity index is 0.00000256. The number of carbonyl (C=O) groups excluding carboxylic acids is 1. The number of hydrogen-bond donors (Lipinski definition) is 1. The highest BCUT2D eigenvalue weighted by molar-refractivity contribution is 5.94. The van der Waals surface area contributed by atoms with Gasteiger partial charge in [-0.05, 0) is 32.3 Å². The van der Waals surface area contributed by atoms with Crippen molar-refractivity contribution in [1.29, 1.82) is 0 Å². The molecule has 7 nitrogen and oxygen atoms in total. The van der Waals surface area contributed by atoms with E-state index >= 15 is 0 Å². The van der Waals surface area contributed by atoms with Crippen LogP contribution in [0, 0.1) is 6.92 Å². The molecule has 160 valence electrons. The minimum Gasteiger partial charge on any atom is -0.461 e. The first kappa shape index (κ1) is 22.1. The molecule has 0 radical (unpaired) electrons. The lowest BCUT2D eigenvalue weighted by molar-refractivity contribution is 0.0436. The van der Waals surface area contributed by atoms with Gasteiger partial charge in [0, 0.05) is 25.2 Å². The van der Waals surface area contributed by atoms with Crippen molar-refractivity contribution >= 4 is 18.4 Å². The first-order valence-corrected chi connectivity index (χ1v) is 9.99. The summed E-state index contributed by atoms with van der Waals surface area (Å²) >= 11 is 0. The summed E-state index contributed by atoms with van der Waals surface area (Å²) in [6.07, 6.45) is 7.12. The van der Waals surface area contributed by atoms with Gasteiger partial charge in [0.05, 0.1) is 36.6 Å². The van der Waals surface area contributed by atoms with Crippen LogP contribution >= 0.6 is 12.4 Å². The number of imidazole rings is 1. The number of carbonyl (C=O) groups is 1. The van der Waals surface area contributed by atoms with Gasteiger partial charge in [0.15, 0.2) is 5.69 Å². The first-order valence-electron chi connectivity index (χ1n) is 9.99. The van der Waals surface area contributed by atoms with Gasteiger partial charge in [-0.3, -0.25) is 5.10 Å². The Bertz CT molecular complexity index is 974. The van der Waals surface area contributed by atoms with Crippen LogP contribution in [0.3, 0.4) is 0 Å². The summed E-state index contributed by atoms with van der Waals surface area (Å²) in [6.45, 7) is 6.42. The molecule has 1 aliphatic rings.